The van der Waals surface area contributed by atoms with Crippen LogP contribution in [-0.2, 0) is 0 Å². The molecule has 1 atom stereocenters. The van der Waals surface area contributed by atoms with Gasteiger partial charge in [0.15, 0.2) is 0 Å². The van der Waals surface area contributed by atoms with E-state index in [-0.39, 0.29) is 11.5 Å². The van der Waals surface area contributed by atoms with Crippen LogP contribution < -0.4 is 11.3 Å². The van der Waals surface area contributed by atoms with Gasteiger partial charge in [0.25, 0.3) is 0 Å². The summed E-state index contributed by atoms with van der Waals surface area (Å²) in [6.07, 6.45) is 4.89. The van der Waals surface area contributed by atoms with Crippen LogP contribution in [0.3, 0.4) is 0 Å². The minimum atomic E-state index is 0.0566. The van der Waals surface area contributed by atoms with Gasteiger partial charge in [0.05, 0.1) is 6.04 Å². The molecule has 3 nitrogen and oxygen atoms in total. The van der Waals surface area contributed by atoms with E-state index in [2.05, 4.69) is 18.4 Å². The van der Waals surface area contributed by atoms with Crippen molar-refractivity contribution in [3.05, 3.63) is 35.0 Å². The van der Waals surface area contributed by atoms with E-state index in [1.54, 1.807) is 0 Å². The van der Waals surface area contributed by atoms with Crippen molar-refractivity contribution in [1.29, 1.82) is 0 Å². The Morgan fingerprint density at radius 1 is 1.32 bits per heavy atom. The molecule has 1 aromatic carbocycles. The van der Waals surface area contributed by atoms with E-state index in [0.717, 1.165) is 21.8 Å². The van der Waals surface area contributed by atoms with Crippen LogP contribution in [0.4, 0.5) is 0 Å². The lowest BCUT2D eigenvalue weighted by Gasteiger charge is -2.31. The Bertz CT molecular complexity index is 587. The Morgan fingerprint density at radius 2 is 2.05 bits per heavy atom. The zero-order chi connectivity index (χ0) is 13.5. The fraction of sp³-hybridized carbons (Fsp3) is 0.467. The smallest absolute Gasteiger partial charge is 0.134 e. The SMILES string of the molecule is CC1(C(NN)c2cc3cc(Cl)ccc3o2)CCCC1. The maximum absolute atomic E-state index is 6.01. The van der Waals surface area contributed by atoms with E-state index in [1.165, 1.54) is 25.7 Å². The van der Waals surface area contributed by atoms with Crippen molar-refractivity contribution >= 4 is 22.6 Å². The number of rotatable bonds is 3. The number of hydrazine groups is 1. The van der Waals surface area contributed by atoms with Gasteiger partial charge in [-0.3, -0.25) is 5.84 Å². The third kappa shape index (κ3) is 2.27. The van der Waals surface area contributed by atoms with Crippen LogP contribution >= 0.6 is 11.6 Å². The van der Waals surface area contributed by atoms with E-state index in [9.17, 15) is 0 Å². The van der Waals surface area contributed by atoms with Gasteiger partial charge in [0.1, 0.15) is 11.3 Å². The topological polar surface area (TPSA) is 51.2 Å². The maximum Gasteiger partial charge on any atom is 0.134 e. The Labute approximate surface area is 118 Å². The Kier molecular flexibility index (Phi) is 3.29. The Balaban J connectivity index is 2.01. The molecule has 19 heavy (non-hydrogen) atoms. The van der Waals surface area contributed by atoms with Gasteiger partial charge in [-0.1, -0.05) is 31.4 Å². The average molecular weight is 279 g/mol. The van der Waals surface area contributed by atoms with Crippen molar-refractivity contribution < 1.29 is 4.42 Å². The first-order chi connectivity index (χ1) is 9.12. The monoisotopic (exact) mass is 278 g/mol. The predicted octanol–water partition coefficient (Wildman–Crippen LogP) is 4.17. The summed E-state index contributed by atoms with van der Waals surface area (Å²) in [5.74, 6) is 6.69. The molecular weight excluding hydrogens is 260 g/mol. The molecule has 0 amide bonds. The summed E-state index contributed by atoms with van der Waals surface area (Å²) in [5, 5.41) is 1.76. The molecule has 1 heterocycles. The molecule has 1 aliphatic rings. The highest BCUT2D eigenvalue weighted by Gasteiger charge is 2.39. The first-order valence-electron chi connectivity index (χ1n) is 6.77. The molecule has 1 aliphatic carbocycles. The van der Waals surface area contributed by atoms with Crippen LogP contribution in [0.5, 0.6) is 0 Å². The van der Waals surface area contributed by atoms with Gasteiger partial charge < -0.3 is 4.42 Å². The summed E-state index contributed by atoms with van der Waals surface area (Å²) in [6.45, 7) is 2.28. The lowest BCUT2D eigenvalue weighted by Crippen LogP contribution is -2.38. The van der Waals surface area contributed by atoms with E-state index in [1.807, 2.05) is 18.2 Å². The lowest BCUT2D eigenvalue weighted by molar-refractivity contribution is 0.200. The van der Waals surface area contributed by atoms with Crippen LogP contribution in [-0.4, -0.2) is 0 Å². The minimum absolute atomic E-state index is 0.0566. The molecule has 0 radical (unpaired) electrons. The molecule has 102 valence electrons. The largest absolute Gasteiger partial charge is 0.459 e. The lowest BCUT2D eigenvalue weighted by atomic mass is 9.80. The van der Waals surface area contributed by atoms with Crippen LogP contribution in [0.25, 0.3) is 11.0 Å². The second kappa shape index (κ2) is 4.82. The molecule has 3 N–H and O–H groups in total. The van der Waals surface area contributed by atoms with Crippen molar-refractivity contribution in [2.45, 2.75) is 38.6 Å². The molecule has 1 aromatic heterocycles. The average Bonchev–Trinajstić information content (AvgIpc) is 2.96. The molecule has 3 rings (SSSR count). The van der Waals surface area contributed by atoms with Gasteiger partial charge in [-0.2, -0.15) is 0 Å². The summed E-state index contributed by atoms with van der Waals surface area (Å²) in [6, 6.07) is 7.79. The van der Waals surface area contributed by atoms with Crippen LogP contribution in [0.15, 0.2) is 28.7 Å². The maximum atomic E-state index is 6.01. The summed E-state index contributed by atoms with van der Waals surface area (Å²) in [7, 11) is 0. The fourth-order valence-electron chi connectivity index (χ4n) is 3.28. The number of nitrogens with one attached hydrogen (secondary N) is 1. The van der Waals surface area contributed by atoms with Crippen molar-refractivity contribution in [2.75, 3.05) is 0 Å². The number of nitrogens with two attached hydrogens (primary N) is 1. The van der Waals surface area contributed by atoms with E-state index in [0.29, 0.717) is 0 Å². The van der Waals surface area contributed by atoms with Gasteiger partial charge in [-0.05, 0) is 42.5 Å². The van der Waals surface area contributed by atoms with Crippen molar-refractivity contribution in [3.63, 3.8) is 0 Å². The zero-order valence-electron chi connectivity index (χ0n) is 11.1. The van der Waals surface area contributed by atoms with Crippen LogP contribution in [0.2, 0.25) is 5.02 Å². The van der Waals surface area contributed by atoms with E-state index < -0.39 is 0 Å². The molecule has 0 bridgehead atoms. The molecule has 0 aliphatic heterocycles. The number of benzene rings is 1. The van der Waals surface area contributed by atoms with Crippen molar-refractivity contribution in [3.8, 4) is 0 Å². The second-order valence-electron chi connectivity index (χ2n) is 5.79. The summed E-state index contributed by atoms with van der Waals surface area (Å²) in [4.78, 5) is 0. The molecule has 1 saturated carbocycles. The zero-order valence-corrected chi connectivity index (χ0v) is 11.8. The quantitative estimate of drug-likeness (QED) is 0.654. The highest BCUT2D eigenvalue weighted by atomic mass is 35.5. The highest BCUT2D eigenvalue weighted by molar-refractivity contribution is 6.31. The van der Waals surface area contributed by atoms with Gasteiger partial charge >= 0.3 is 0 Å². The van der Waals surface area contributed by atoms with E-state index >= 15 is 0 Å². The molecule has 1 unspecified atom stereocenters. The van der Waals surface area contributed by atoms with Gasteiger partial charge in [-0.15, -0.1) is 0 Å². The molecule has 4 heteroatoms. The number of furan rings is 1. The normalized spacial score (nSPS) is 19.9. The van der Waals surface area contributed by atoms with Gasteiger partial charge in [0.2, 0.25) is 0 Å². The van der Waals surface area contributed by atoms with Gasteiger partial charge in [0, 0.05) is 10.4 Å². The van der Waals surface area contributed by atoms with Crippen LogP contribution in [0.1, 0.15) is 44.4 Å². The predicted molar refractivity (Wildman–Crippen MR) is 77.9 cm³/mol. The third-order valence-corrected chi connectivity index (χ3v) is 4.63. The third-order valence-electron chi connectivity index (χ3n) is 4.39. The highest BCUT2D eigenvalue weighted by Crippen LogP contribution is 2.47. The fourth-order valence-corrected chi connectivity index (χ4v) is 3.46. The molecule has 1 fully saturated rings. The standard InChI is InChI=1S/C15H19ClN2O/c1-15(6-2-3-7-15)14(18-17)13-9-10-8-11(16)4-5-12(10)19-13/h4-5,8-9,14,18H,2-3,6-7,17H2,1H3. The first kappa shape index (κ1) is 13.0. The first-order valence-corrected chi connectivity index (χ1v) is 7.15. The Hall–Kier alpha value is -1.03. The number of halogens is 1. The number of hydrogen-bond acceptors (Lipinski definition) is 3. The van der Waals surface area contributed by atoms with Crippen LogP contribution in [0, 0.1) is 5.41 Å². The van der Waals surface area contributed by atoms with Gasteiger partial charge in [-0.25, -0.2) is 5.43 Å². The summed E-state index contributed by atoms with van der Waals surface area (Å²) >= 11 is 6.01. The molecule has 0 spiro atoms. The van der Waals surface area contributed by atoms with Crippen molar-refractivity contribution in [1.82, 2.24) is 5.43 Å². The summed E-state index contributed by atoms with van der Waals surface area (Å²) < 4.78 is 5.95. The molecule has 2 aromatic rings. The summed E-state index contributed by atoms with van der Waals surface area (Å²) in [5.41, 5.74) is 3.98. The Morgan fingerprint density at radius 3 is 2.74 bits per heavy atom. The number of hydrogen-bond donors (Lipinski definition) is 2. The minimum Gasteiger partial charge on any atom is -0.459 e. The molecular formula is C15H19ClN2O. The van der Waals surface area contributed by atoms with Crippen molar-refractivity contribution in [2.24, 2.45) is 11.3 Å². The second-order valence-corrected chi connectivity index (χ2v) is 6.23. The van der Waals surface area contributed by atoms with E-state index in [4.69, 9.17) is 21.9 Å². The molecule has 0 saturated heterocycles. The number of fused-ring (bicyclic) bond motifs is 1.